The van der Waals surface area contributed by atoms with E-state index in [1.165, 1.54) is 33.4 Å². The first-order chi connectivity index (χ1) is 12.5. The van der Waals surface area contributed by atoms with Crippen molar-refractivity contribution in [2.45, 2.75) is 45.4 Å². The van der Waals surface area contributed by atoms with Crippen molar-refractivity contribution < 1.29 is 4.42 Å². The summed E-state index contributed by atoms with van der Waals surface area (Å²) in [6, 6.07) is 13.4. The zero-order chi connectivity index (χ0) is 18.3. The molecule has 2 aromatic carbocycles. The molecule has 0 atom stereocenters. The molecule has 26 heavy (non-hydrogen) atoms. The van der Waals surface area contributed by atoms with Crippen molar-refractivity contribution in [2.75, 3.05) is 6.54 Å². The first-order valence-corrected chi connectivity index (χ1v) is 9.25. The molecular weight excluding hydrogens is 322 g/mol. The van der Waals surface area contributed by atoms with Gasteiger partial charge in [0.25, 0.3) is 0 Å². The number of aromatic nitrogens is 2. The Labute approximate surface area is 154 Å². The van der Waals surface area contributed by atoms with Gasteiger partial charge in [0, 0.05) is 6.92 Å². The topological polar surface area (TPSA) is 64.9 Å². The predicted octanol–water partition coefficient (Wildman–Crippen LogP) is 3.78. The molecule has 0 radical (unpaired) electrons. The van der Waals surface area contributed by atoms with Gasteiger partial charge >= 0.3 is 0 Å². The van der Waals surface area contributed by atoms with Crippen molar-refractivity contribution in [2.24, 2.45) is 5.73 Å². The van der Waals surface area contributed by atoms with E-state index < -0.39 is 5.41 Å². The van der Waals surface area contributed by atoms with Gasteiger partial charge in [-0.15, -0.1) is 10.2 Å². The highest BCUT2D eigenvalue weighted by Gasteiger charge is 2.44. The van der Waals surface area contributed by atoms with Crippen LogP contribution >= 0.6 is 0 Å². The number of benzene rings is 2. The number of rotatable bonds is 3. The zero-order valence-electron chi connectivity index (χ0n) is 15.7. The molecule has 0 unspecified atom stereocenters. The summed E-state index contributed by atoms with van der Waals surface area (Å²) >= 11 is 0. The Morgan fingerprint density at radius 3 is 1.96 bits per heavy atom. The second kappa shape index (κ2) is 6.36. The molecule has 1 aliphatic rings. The molecule has 1 aromatic heterocycles. The SMILES string of the molecule is Cc1ccc2c(c1)CCc1cc(C)ccc1C2(CCN)c1nnc(C)o1. The van der Waals surface area contributed by atoms with E-state index in [1.54, 1.807) is 0 Å². The third-order valence-electron chi connectivity index (χ3n) is 5.52. The Morgan fingerprint density at radius 2 is 1.50 bits per heavy atom. The number of hydrogen-bond donors (Lipinski definition) is 1. The minimum atomic E-state index is -0.488. The number of hydrogen-bond acceptors (Lipinski definition) is 4. The maximum Gasteiger partial charge on any atom is 0.231 e. The summed E-state index contributed by atoms with van der Waals surface area (Å²) in [6.07, 6.45) is 2.75. The zero-order valence-corrected chi connectivity index (χ0v) is 15.7. The van der Waals surface area contributed by atoms with Gasteiger partial charge in [0.05, 0.1) is 0 Å². The minimum Gasteiger partial charge on any atom is -0.424 e. The van der Waals surface area contributed by atoms with Crippen LogP contribution in [0, 0.1) is 20.8 Å². The molecule has 4 nitrogen and oxygen atoms in total. The lowest BCUT2D eigenvalue weighted by Gasteiger charge is -2.33. The van der Waals surface area contributed by atoms with Crippen LogP contribution in [0.2, 0.25) is 0 Å². The van der Waals surface area contributed by atoms with Gasteiger partial charge in [-0.05, 0) is 61.9 Å². The van der Waals surface area contributed by atoms with Crippen LogP contribution in [0.1, 0.15) is 51.6 Å². The Bertz CT molecular complexity index is 904. The third kappa shape index (κ3) is 2.56. The van der Waals surface area contributed by atoms with Crippen LogP contribution in [0.4, 0.5) is 0 Å². The molecule has 0 bridgehead atoms. The van der Waals surface area contributed by atoms with Crippen LogP contribution in [-0.4, -0.2) is 16.7 Å². The molecule has 0 aliphatic heterocycles. The van der Waals surface area contributed by atoms with Gasteiger partial charge in [-0.25, -0.2) is 0 Å². The fraction of sp³-hybridized carbons (Fsp3) is 0.364. The summed E-state index contributed by atoms with van der Waals surface area (Å²) in [5, 5.41) is 8.62. The van der Waals surface area contributed by atoms with Crippen LogP contribution < -0.4 is 5.73 Å². The molecule has 0 amide bonds. The Morgan fingerprint density at radius 1 is 0.923 bits per heavy atom. The fourth-order valence-corrected chi connectivity index (χ4v) is 4.40. The highest BCUT2D eigenvalue weighted by Crippen LogP contribution is 2.46. The minimum absolute atomic E-state index is 0.488. The molecule has 1 heterocycles. The molecule has 0 spiro atoms. The number of fused-ring (bicyclic) bond motifs is 2. The van der Waals surface area contributed by atoms with E-state index in [9.17, 15) is 0 Å². The highest BCUT2D eigenvalue weighted by molar-refractivity contribution is 5.55. The second-order valence-corrected chi connectivity index (χ2v) is 7.39. The number of aryl methyl sites for hydroxylation is 5. The number of nitrogens with two attached hydrogens (primary N) is 1. The van der Waals surface area contributed by atoms with Crippen molar-refractivity contribution in [3.05, 3.63) is 81.6 Å². The normalized spacial score (nSPS) is 15.2. The smallest absolute Gasteiger partial charge is 0.231 e. The van der Waals surface area contributed by atoms with Crippen molar-refractivity contribution in [3.63, 3.8) is 0 Å². The highest BCUT2D eigenvalue weighted by atomic mass is 16.4. The molecule has 0 fully saturated rings. The van der Waals surface area contributed by atoms with Crippen LogP contribution in [0.15, 0.2) is 40.8 Å². The van der Waals surface area contributed by atoms with Gasteiger partial charge < -0.3 is 10.2 Å². The van der Waals surface area contributed by atoms with E-state index in [2.05, 4.69) is 60.4 Å². The molecule has 1 aliphatic carbocycles. The first kappa shape index (κ1) is 17.0. The van der Waals surface area contributed by atoms with E-state index in [4.69, 9.17) is 10.2 Å². The van der Waals surface area contributed by atoms with Gasteiger partial charge in [-0.3, -0.25) is 0 Å². The predicted molar refractivity (Wildman–Crippen MR) is 102 cm³/mol. The van der Waals surface area contributed by atoms with Gasteiger partial charge in [-0.1, -0.05) is 47.5 Å². The van der Waals surface area contributed by atoms with Gasteiger partial charge in [0.2, 0.25) is 11.8 Å². The van der Waals surface area contributed by atoms with Gasteiger partial charge in [0.15, 0.2) is 0 Å². The van der Waals surface area contributed by atoms with E-state index in [1.807, 2.05) is 6.92 Å². The molecule has 0 saturated heterocycles. The van der Waals surface area contributed by atoms with Crippen LogP contribution in [0.3, 0.4) is 0 Å². The monoisotopic (exact) mass is 347 g/mol. The van der Waals surface area contributed by atoms with E-state index in [-0.39, 0.29) is 0 Å². The first-order valence-electron chi connectivity index (χ1n) is 9.25. The summed E-state index contributed by atoms with van der Waals surface area (Å²) < 4.78 is 6.03. The van der Waals surface area contributed by atoms with E-state index in [0.717, 1.165) is 19.3 Å². The van der Waals surface area contributed by atoms with E-state index >= 15 is 0 Å². The summed E-state index contributed by atoms with van der Waals surface area (Å²) in [5.74, 6) is 1.24. The third-order valence-corrected chi connectivity index (χ3v) is 5.52. The standard InChI is InChI=1S/C22H25N3O/c1-14-4-8-19-17(12-14)6-7-18-13-15(2)5-9-20(18)22(19,10-11-23)21-25-24-16(3)26-21/h4-5,8-9,12-13H,6-7,10-11,23H2,1-3H3. The molecule has 4 heteroatoms. The van der Waals surface area contributed by atoms with Crippen LogP contribution in [0.5, 0.6) is 0 Å². The maximum absolute atomic E-state index is 6.12. The Balaban J connectivity index is 2.10. The van der Waals surface area contributed by atoms with Crippen molar-refractivity contribution in [1.29, 1.82) is 0 Å². The van der Waals surface area contributed by atoms with Crippen molar-refractivity contribution in [3.8, 4) is 0 Å². The summed E-state index contributed by atoms with van der Waals surface area (Å²) in [4.78, 5) is 0. The van der Waals surface area contributed by atoms with Crippen molar-refractivity contribution >= 4 is 0 Å². The molecule has 4 rings (SSSR count). The van der Waals surface area contributed by atoms with Gasteiger partial charge in [0.1, 0.15) is 5.41 Å². The van der Waals surface area contributed by atoms with Crippen LogP contribution in [-0.2, 0) is 18.3 Å². The average molecular weight is 347 g/mol. The van der Waals surface area contributed by atoms with E-state index in [0.29, 0.717) is 18.3 Å². The summed E-state index contributed by atoms with van der Waals surface area (Å²) in [6.45, 7) is 6.67. The molecular formula is C22H25N3O. The van der Waals surface area contributed by atoms with Crippen LogP contribution in [0.25, 0.3) is 0 Å². The fourth-order valence-electron chi connectivity index (χ4n) is 4.40. The molecule has 3 aromatic rings. The Kier molecular flexibility index (Phi) is 4.16. The Hall–Kier alpha value is -2.46. The quantitative estimate of drug-likeness (QED) is 0.783. The lowest BCUT2D eigenvalue weighted by atomic mass is 9.69. The number of nitrogens with zero attached hydrogens (tertiary/aromatic N) is 2. The molecule has 0 saturated carbocycles. The molecule has 2 N–H and O–H groups in total. The largest absolute Gasteiger partial charge is 0.424 e. The second-order valence-electron chi connectivity index (χ2n) is 7.39. The lowest BCUT2D eigenvalue weighted by Crippen LogP contribution is -2.34. The molecule has 134 valence electrons. The van der Waals surface area contributed by atoms with Crippen molar-refractivity contribution in [1.82, 2.24) is 10.2 Å². The summed E-state index contributed by atoms with van der Waals surface area (Å²) in [7, 11) is 0. The lowest BCUT2D eigenvalue weighted by molar-refractivity contribution is 0.383. The summed E-state index contributed by atoms with van der Waals surface area (Å²) in [5.41, 5.74) is 13.4. The average Bonchev–Trinajstić information content (AvgIpc) is 3.00. The van der Waals surface area contributed by atoms with Gasteiger partial charge in [-0.2, -0.15) is 0 Å². The maximum atomic E-state index is 6.12.